The van der Waals surface area contributed by atoms with E-state index in [9.17, 15) is 0 Å². The first-order valence-corrected chi connectivity index (χ1v) is 6.42. The van der Waals surface area contributed by atoms with Crippen LogP contribution in [0.1, 0.15) is 24.8 Å². The minimum absolute atomic E-state index is 0.482. The first kappa shape index (κ1) is 12.8. The number of methoxy groups -OCH3 is 1. The van der Waals surface area contributed by atoms with Crippen LogP contribution in [-0.2, 0) is 11.3 Å². The van der Waals surface area contributed by atoms with Gasteiger partial charge in [0, 0.05) is 39.2 Å². The third kappa shape index (κ3) is 3.66. The van der Waals surface area contributed by atoms with Crippen LogP contribution in [0.5, 0.6) is 0 Å². The van der Waals surface area contributed by atoms with Gasteiger partial charge in [0.25, 0.3) is 0 Å². The number of nitrogens with one attached hydrogen (secondary N) is 1. The van der Waals surface area contributed by atoms with Crippen LogP contribution >= 0.6 is 11.6 Å². The molecule has 1 heterocycles. The predicted molar refractivity (Wildman–Crippen MR) is 69.1 cm³/mol. The van der Waals surface area contributed by atoms with E-state index in [-0.39, 0.29) is 0 Å². The van der Waals surface area contributed by atoms with Crippen LogP contribution in [0.15, 0.2) is 18.5 Å². The maximum Gasteiger partial charge on any atom is 0.0634 e. The summed E-state index contributed by atoms with van der Waals surface area (Å²) in [5, 5.41) is 4.22. The molecular weight excluding hydrogens is 236 g/mol. The Bertz CT molecular complexity index is 366. The van der Waals surface area contributed by atoms with Gasteiger partial charge in [-0.1, -0.05) is 11.6 Å². The number of aromatic nitrogens is 1. The largest absolute Gasteiger partial charge is 0.385 e. The Morgan fingerprint density at radius 3 is 3.00 bits per heavy atom. The van der Waals surface area contributed by atoms with Gasteiger partial charge in [-0.3, -0.25) is 4.98 Å². The van der Waals surface area contributed by atoms with E-state index in [1.54, 1.807) is 19.5 Å². The molecule has 0 amide bonds. The quantitative estimate of drug-likeness (QED) is 0.812. The summed E-state index contributed by atoms with van der Waals surface area (Å²) in [6.07, 6.45) is 7.25. The van der Waals surface area contributed by atoms with Gasteiger partial charge in [-0.25, -0.2) is 0 Å². The van der Waals surface area contributed by atoms with Gasteiger partial charge in [-0.15, -0.1) is 0 Å². The number of ether oxygens (including phenoxy) is 1. The molecule has 94 valence electrons. The summed E-state index contributed by atoms with van der Waals surface area (Å²) in [4.78, 5) is 3.98. The fourth-order valence-corrected chi connectivity index (χ4v) is 2.21. The molecule has 1 aliphatic rings. The van der Waals surface area contributed by atoms with Crippen LogP contribution in [-0.4, -0.2) is 25.2 Å². The maximum atomic E-state index is 6.05. The molecule has 3 nitrogen and oxygen atoms in total. The average molecular weight is 255 g/mol. The van der Waals surface area contributed by atoms with Crippen molar-refractivity contribution in [3.8, 4) is 0 Å². The Labute approximate surface area is 108 Å². The molecule has 0 saturated heterocycles. The number of halogens is 1. The van der Waals surface area contributed by atoms with Gasteiger partial charge in [-0.2, -0.15) is 0 Å². The van der Waals surface area contributed by atoms with Crippen LogP contribution in [0.2, 0.25) is 5.02 Å². The van der Waals surface area contributed by atoms with Crippen molar-refractivity contribution in [1.29, 1.82) is 0 Å². The van der Waals surface area contributed by atoms with E-state index >= 15 is 0 Å². The van der Waals surface area contributed by atoms with Crippen LogP contribution in [0, 0.1) is 5.41 Å². The van der Waals surface area contributed by atoms with Gasteiger partial charge in [0.05, 0.1) is 5.02 Å². The van der Waals surface area contributed by atoms with Crippen molar-refractivity contribution >= 4 is 11.6 Å². The second kappa shape index (κ2) is 5.80. The first-order valence-electron chi connectivity index (χ1n) is 6.04. The molecule has 1 fully saturated rings. The van der Waals surface area contributed by atoms with E-state index in [0.717, 1.165) is 36.7 Å². The molecule has 0 atom stereocenters. The van der Waals surface area contributed by atoms with Crippen molar-refractivity contribution in [2.75, 3.05) is 20.3 Å². The highest BCUT2D eigenvalue weighted by molar-refractivity contribution is 6.31. The molecule has 0 aromatic carbocycles. The Kier molecular flexibility index (Phi) is 4.37. The fraction of sp³-hybridized carbons (Fsp3) is 0.615. The second-order valence-electron chi connectivity index (χ2n) is 4.81. The highest BCUT2D eigenvalue weighted by Crippen LogP contribution is 2.48. The molecule has 2 rings (SSSR count). The molecule has 0 bridgehead atoms. The van der Waals surface area contributed by atoms with E-state index in [1.165, 1.54) is 12.8 Å². The number of hydrogen-bond acceptors (Lipinski definition) is 3. The minimum atomic E-state index is 0.482. The van der Waals surface area contributed by atoms with E-state index in [0.29, 0.717) is 5.41 Å². The summed E-state index contributed by atoms with van der Waals surface area (Å²) in [5.41, 5.74) is 1.60. The lowest BCUT2D eigenvalue weighted by Gasteiger charge is -2.15. The molecule has 1 saturated carbocycles. The van der Waals surface area contributed by atoms with Gasteiger partial charge in [0.15, 0.2) is 0 Å². The lowest BCUT2D eigenvalue weighted by molar-refractivity contribution is 0.171. The third-order valence-corrected chi connectivity index (χ3v) is 3.81. The topological polar surface area (TPSA) is 34.1 Å². The van der Waals surface area contributed by atoms with Crippen molar-refractivity contribution in [2.24, 2.45) is 5.41 Å². The normalized spacial score (nSPS) is 17.1. The molecule has 0 aliphatic heterocycles. The Hall–Kier alpha value is -0.640. The molecule has 17 heavy (non-hydrogen) atoms. The van der Waals surface area contributed by atoms with Crippen molar-refractivity contribution in [3.63, 3.8) is 0 Å². The smallest absolute Gasteiger partial charge is 0.0634 e. The number of nitrogens with zero attached hydrogens (tertiary/aromatic N) is 1. The van der Waals surface area contributed by atoms with Gasteiger partial charge >= 0.3 is 0 Å². The molecule has 1 N–H and O–H groups in total. The van der Waals surface area contributed by atoms with Crippen LogP contribution < -0.4 is 5.32 Å². The second-order valence-corrected chi connectivity index (χ2v) is 5.22. The van der Waals surface area contributed by atoms with Crippen LogP contribution in [0.3, 0.4) is 0 Å². The van der Waals surface area contributed by atoms with E-state index in [1.807, 2.05) is 6.07 Å². The molecule has 1 aromatic rings. The lowest BCUT2D eigenvalue weighted by Crippen LogP contribution is -2.24. The number of pyridine rings is 1. The van der Waals surface area contributed by atoms with Crippen molar-refractivity contribution < 1.29 is 4.74 Å². The zero-order chi connectivity index (χ0) is 12.1. The van der Waals surface area contributed by atoms with Gasteiger partial charge in [0.1, 0.15) is 0 Å². The van der Waals surface area contributed by atoms with E-state index in [4.69, 9.17) is 16.3 Å². The predicted octanol–water partition coefficient (Wildman–Crippen LogP) is 2.64. The average Bonchev–Trinajstić information content (AvgIpc) is 3.10. The summed E-state index contributed by atoms with van der Waals surface area (Å²) in [7, 11) is 1.76. The maximum absolute atomic E-state index is 6.05. The molecule has 4 heteroatoms. The highest BCUT2D eigenvalue weighted by Gasteiger charge is 2.41. The number of hydrogen-bond donors (Lipinski definition) is 1. The van der Waals surface area contributed by atoms with Crippen LogP contribution in [0.4, 0.5) is 0 Å². The lowest BCUT2D eigenvalue weighted by atomic mass is 10.0. The number of rotatable bonds is 7. The zero-order valence-corrected chi connectivity index (χ0v) is 11.0. The monoisotopic (exact) mass is 254 g/mol. The van der Waals surface area contributed by atoms with Crippen molar-refractivity contribution in [3.05, 3.63) is 29.0 Å². The Morgan fingerprint density at radius 2 is 2.35 bits per heavy atom. The molecule has 1 aliphatic carbocycles. The zero-order valence-electron chi connectivity index (χ0n) is 10.2. The first-order chi connectivity index (χ1) is 8.26. The molecule has 0 spiro atoms. The summed E-state index contributed by atoms with van der Waals surface area (Å²) in [5.74, 6) is 0. The van der Waals surface area contributed by atoms with E-state index in [2.05, 4.69) is 10.3 Å². The SMILES string of the molecule is COCCC1(CNCc2ccncc2Cl)CC1. The highest BCUT2D eigenvalue weighted by atomic mass is 35.5. The fourth-order valence-electron chi connectivity index (χ4n) is 2.02. The van der Waals surface area contributed by atoms with Gasteiger partial charge in [-0.05, 0) is 36.3 Å². The standard InChI is InChI=1S/C13H19ClN2O/c1-17-7-5-13(3-4-13)10-16-8-11-2-6-15-9-12(11)14/h2,6,9,16H,3-5,7-8,10H2,1H3. The summed E-state index contributed by atoms with van der Waals surface area (Å²) >= 11 is 6.05. The third-order valence-electron chi connectivity index (χ3n) is 3.47. The van der Waals surface area contributed by atoms with Crippen molar-refractivity contribution in [1.82, 2.24) is 10.3 Å². The molecule has 0 radical (unpaired) electrons. The Balaban J connectivity index is 1.75. The van der Waals surface area contributed by atoms with Crippen LogP contribution in [0.25, 0.3) is 0 Å². The van der Waals surface area contributed by atoms with Crippen molar-refractivity contribution in [2.45, 2.75) is 25.8 Å². The summed E-state index contributed by atoms with van der Waals surface area (Å²) < 4.78 is 5.14. The Morgan fingerprint density at radius 1 is 1.53 bits per heavy atom. The van der Waals surface area contributed by atoms with Gasteiger partial charge < -0.3 is 10.1 Å². The molecular formula is C13H19ClN2O. The minimum Gasteiger partial charge on any atom is -0.385 e. The molecule has 1 aromatic heterocycles. The van der Waals surface area contributed by atoms with E-state index < -0.39 is 0 Å². The van der Waals surface area contributed by atoms with Gasteiger partial charge in [0.2, 0.25) is 0 Å². The summed E-state index contributed by atoms with van der Waals surface area (Å²) in [6.45, 7) is 2.72. The summed E-state index contributed by atoms with van der Waals surface area (Å²) in [6, 6.07) is 1.96. The molecule has 0 unspecified atom stereocenters.